The van der Waals surface area contributed by atoms with E-state index < -0.39 is 0 Å². The second-order valence-corrected chi connectivity index (χ2v) is 6.38. The van der Waals surface area contributed by atoms with E-state index in [4.69, 9.17) is 0 Å². The number of hydrogen-bond donors (Lipinski definition) is 0. The van der Waals surface area contributed by atoms with Crippen molar-refractivity contribution >= 4 is 23.2 Å². The molecule has 2 aromatic rings. The van der Waals surface area contributed by atoms with Gasteiger partial charge in [-0.05, 0) is 17.9 Å². The Morgan fingerprint density at radius 3 is 2.57 bits per heavy atom. The fraction of sp³-hybridized carbons (Fsp3) is 0.375. The van der Waals surface area contributed by atoms with Crippen molar-refractivity contribution in [3.8, 4) is 0 Å². The van der Waals surface area contributed by atoms with Gasteiger partial charge >= 0.3 is 0 Å². The van der Waals surface area contributed by atoms with Gasteiger partial charge in [0.15, 0.2) is 0 Å². The maximum Gasteiger partial charge on any atom is 0.274 e. The Hall–Kier alpha value is -2.28. The molecule has 0 unspecified atom stereocenters. The first kappa shape index (κ1) is 15.6. The first-order valence-electron chi connectivity index (χ1n) is 7.59. The summed E-state index contributed by atoms with van der Waals surface area (Å²) in [4.78, 5) is 37.3. The Balaban J connectivity index is 1.48. The van der Waals surface area contributed by atoms with Crippen molar-refractivity contribution in [2.24, 2.45) is 0 Å². The lowest BCUT2D eigenvalue weighted by Gasteiger charge is -2.34. The van der Waals surface area contributed by atoms with Crippen LogP contribution in [0.25, 0.3) is 0 Å². The summed E-state index contributed by atoms with van der Waals surface area (Å²) in [6.45, 7) is 2.24. The second kappa shape index (κ2) is 7.32. The van der Waals surface area contributed by atoms with Crippen molar-refractivity contribution < 1.29 is 9.59 Å². The number of aromatic nitrogens is 2. The van der Waals surface area contributed by atoms with Crippen LogP contribution in [-0.2, 0) is 11.2 Å². The molecule has 0 spiro atoms. The summed E-state index contributed by atoms with van der Waals surface area (Å²) < 4.78 is 0. The van der Waals surface area contributed by atoms with Crippen molar-refractivity contribution in [1.29, 1.82) is 0 Å². The van der Waals surface area contributed by atoms with Gasteiger partial charge in [0.25, 0.3) is 5.91 Å². The summed E-state index contributed by atoms with van der Waals surface area (Å²) >= 11 is 1.68. The molecule has 1 aliphatic heterocycles. The number of carbonyl (C=O) groups is 2. The molecular formula is C16H18N4O2S. The van der Waals surface area contributed by atoms with Gasteiger partial charge in [-0.25, -0.2) is 4.98 Å². The molecule has 0 radical (unpaired) electrons. The molecular weight excluding hydrogens is 312 g/mol. The Morgan fingerprint density at radius 1 is 1.13 bits per heavy atom. The quantitative estimate of drug-likeness (QED) is 0.851. The summed E-state index contributed by atoms with van der Waals surface area (Å²) in [5.74, 6) is 0.0359. The van der Waals surface area contributed by atoms with Gasteiger partial charge in [0.05, 0.1) is 6.20 Å². The molecule has 3 heterocycles. The molecule has 0 bridgehead atoms. The van der Waals surface area contributed by atoms with Crippen LogP contribution in [0.3, 0.4) is 0 Å². The summed E-state index contributed by atoms with van der Waals surface area (Å²) in [5, 5.41) is 2.02. The van der Waals surface area contributed by atoms with Gasteiger partial charge in [0.2, 0.25) is 5.91 Å². The number of nitrogens with zero attached hydrogens (tertiary/aromatic N) is 4. The lowest BCUT2D eigenvalue weighted by molar-refractivity contribution is -0.132. The maximum atomic E-state index is 12.3. The third kappa shape index (κ3) is 3.92. The SMILES string of the molecule is O=C(CCc1cccs1)N1CCN(C(=O)c2cnccn2)CC1. The largest absolute Gasteiger partial charge is 0.339 e. The zero-order valence-corrected chi connectivity index (χ0v) is 13.5. The molecule has 2 amide bonds. The number of thiophene rings is 1. The van der Waals surface area contributed by atoms with E-state index in [1.54, 1.807) is 22.4 Å². The number of carbonyl (C=O) groups excluding carboxylic acids is 2. The molecule has 3 rings (SSSR count). The van der Waals surface area contributed by atoms with Crippen LogP contribution in [0.1, 0.15) is 21.8 Å². The topological polar surface area (TPSA) is 66.4 Å². The molecule has 2 aromatic heterocycles. The van der Waals surface area contributed by atoms with Gasteiger partial charge in [-0.15, -0.1) is 11.3 Å². The van der Waals surface area contributed by atoms with Crippen molar-refractivity contribution in [2.45, 2.75) is 12.8 Å². The molecule has 23 heavy (non-hydrogen) atoms. The Morgan fingerprint density at radius 2 is 1.91 bits per heavy atom. The van der Waals surface area contributed by atoms with E-state index in [2.05, 4.69) is 16.0 Å². The summed E-state index contributed by atoms with van der Waals surface area (Å²) in [7, 11) is 0. The van der Waals surface area contributed by atoms with Gasteiger partial charge in [0, 0.05) is 49.9 Å². The smallest absolute Gasteiger partial charge is 0.274 e. The molecule has 0 aliphatic carbocycles. The average molecular weight is 330 g/mol. The van der Waals surface area contributed by atoms with E-state index in [1.807, 2.05) is 16.3 Å². The molecule has 1 saturated heterocycles. The minimum atomic E-state index is -0.121. The number of piperazine rings is 1. The lowest BCUT2D eigenvalue weighted by atomic mass is 10.2. The maximum absolute atomic E-state index is 12.3. The summed E-state index contributed by atoms with van der Waals surface area (Å²) in [6.07, 6.45) is 5.84. The van der Waals surface area contributed by atoms with Crippen molar-refractivity contribution in [2.75, 3.05) is 26.2 Å². The van der Waals surface area contributed by atoms with Gasteiger partial charge in [-0.2, -0.15) is 0 Å². The van der Waals surface area contributed by atoms with Crippen LogP contribution < -0.4 is 0 Å². The fourth-order valence-electron chi connectivity index (χ4n) is 2.57. The lowest BCUT2D eigenvalue weighted by Crippen LogP contribution is -2.50. The number of amides is 2. The third-order valence-corrected chi connectivity index (χ3v) is 4.80. The highest BCUT2D eigenvalue weighted by atomic mass is 32.1. The normalized spacial score (nSPS) is 14.8. The monoisotopic (exact) mass is 330 g/mol. The standard InChI is InChI=1S/C16H18N4O2S/c21-15(4-3-13-2-1-11-23-13)19-7-9-20(10-8-19)16(22)14-12-17-5-6-18-14/h1-2,5-6,11-12H,3-4,7-10H2. The van der Waals surface area contributed by atoms with Gasteiger partial charge in [-0.3, -0.25) is 14.6 Å². The molecule has 1 fully saturated rings. The Bertz CT molecular complexity index is 652. The first-order chi connectivity index (χ1) is 11.2. The average Bonchev–Trinajstić information content (AvgIpc) is 3.13. The molecule has 1 aliphatic rings. The fourth-order valence-corrected chi connectivity index (χ4v) is 3.28. The van der Waals surface area contributed by atoms with Crippen LogP contribution in [0.4, 0.5) is 0 Å². The van der Waals surface area contributed by atoms with Gasteiger partial charge < -0.3 is 9.80 Å². The highest BCUT2D eigenvalue weighted by Gasteiger charge is 2.25. The molecule has 120 valence electrons. The van der Waals surface area contributed by atoms with E-state index in [9.17, 15) is 9.59 Å². The summed E-state index contributed by atoms with van der Waals surface area (Å²) in [6, 6.07) is 4.05. The van der Waals surface area contributed by atoms with E-state index in [-0.39, 0.29) is 11.8 Å². The van der Waals surface area contributed by atoms with E-state index in [0.717, 1.165) is 6.42 Å². The van der Waals surface area contributed by atoms with E-state index in [0.29, 0.717) is 38.3 Å². The molecule has 6 nitrogen and oxygen atoms in total. The van der Waals surface area contributed by atoms with Crippen LogP contribution >= 0.6 is 11.3 Å². The number of aryl methyl sites for hydroxylation is 1. The molecule has 0 saturated carbocycles. The van der Waals surface area contributed by atoms with Crippen molar-refractivity contribution in [3.63, 3.8) is 0 Å². The molecule has 0 aromatic carbocycles. The van der Waals surface area contributed by atoms with Crippen LogP contribution in [0.5, 0.6) is 0 Å². The second-order valence-electron chi connectivity index (χ2n) is 5.34. The first-order valence-corrected chi connectivity index (χ1v) is 8.47. The Kier molecular flexibility index (Phi) is 4.97. The zero-order valence-electron chi connectivity index (χ0n) is 12.7. The van der Waals surface area contributed by atoms with Crippen LogP contribution in [0, 0.1) is 0 Å². The number of rotatable bonds is 4. The van der Waals surface area contributed by atoms with Crippen LogP contribution in [-0.4, -0.2) is 57.8 Å². The number of hydrogen-bond acceptors (Lipinski definition) is 5. The third-order valence-electron chi connectivity index (χ3n) is 3.87. The minimum Gasteiger partial charge on any atom is -0.339 e. The minimum absolute atomic E-state index is 0.121. The zero-order chi connectivity index (χ0) is 16.1. The molecule has 7 heteroatoms. The van der Waals surface area contributed by atoms with Crippen molar-refractivity contribution in [3.05, 3.63) is 46.7 Å². The van der Waals surface area contributed by atoms with Crippen molar-refractivity contribution in [1.82, 2.24) is 19.8 Å². The predicted molar refractivity (Wildman–Crippen MR) is 87.2 cm³/mol. The molecule has 0 atom stereocenters. The van der Waals surface area contributed by atoms with Crippen LogP contribution in [0.15, 0.2) is 36.1 Å². The van der Waals surface area contributed by atoms with Crippen LogP contribution in [0.2, 0.25) is 0 Å². The van der Waals surface area contributed by atoms with Gasteiger partial charge in [-0.1, -0.05) is 6.07 Å². The van der Waals surface area contributed by atoms with E-state index in [1.165, 1.54) is 17.3 Å². The predicted octanol–water partition coefficient (Wildman–Crippen LogP) is 1.46. The highest BCUT2D eigenvalue weighted by molar-refractivity contribution is 7.09. The van der Waals surface area contributed by atoms with Gasteiger partial charge in [0.1, 0.15) is 5.69 Å². The van der Waals surface area contributed by atoms with E-state index >= 15 is 0 Å². The highest BCUT2D eigenvalue weighted by Crippen LogP contribution is 2.13. The Labute approximate surface area is 138 Å². The molecule has 0 N–H and O–H groups in total. The summed E-state index contributed by atoms with van der Waals surface area (Å²) in [5.41, 5.74) is 0.352.